The molecule has 1 unspecified atom stereocenters. The predicted octanol–water partition coefficient (Wildman–Crippen LogP) is 4.00. The molecule has 9 heteroatoms. The third kappa shape index (κ3) is 5.82. The minimum atomic E-state index is -0.456. The van der Waals surface area contributed by atoms with Crippen molar-refractivity contribution in [1.82, 2.24) is 15.2 Å². The second-order valence-electron chi connectivity index (χ2n) is 7.13. The smallest absolute Gasteiger partial charge is 0.278 e. The number of hydrogen-bond donors (Lipinski definition) is 3. The van der Waals surface area contributed by atoms with E-state index in [-0.39, 0.29) is 22.7 Å². The molecule has 0 radical (unpaired) electrons. The molecule has 1 heterocycles. The first-order chi connectivity index (χ1) is 15.4. The van der Waals surface area contributed by atoms with Gasteiger partial charge in [0, 0.05) is 17.7 Å². The summed E-state index contributed by atoms with van der Waals surface area (Å²) in [7, 11) is 0. The molecule has 0 bridgehead atoms. The zero-order valence-corrected chi connectivity index (χ0v) is 19.0. The van der Waals surface area contributed by atoms with E-state index >= 15 is 0 Å². The fraction of sp³-hybridized carbons (Fsp3) is 0.261. The monoisotopic (exact) mass is 451 g/mol. The van der Waals surface area contributed by atoms with Crippen LogP contribution in [0.4, 0.5) is 11.4 Å². The second-order valence-corrected chi connectivity index (χ2v) is 8.32. The van der Waals surface area contributed by atoms with Crippen LogP contribution < -0.4 is 16.2 Å². The number of aryl methyl sites for hydroxylation is 1. The number of amides is 2. The van der Waals surface area contributed by atoms with Crippen molar-refractivity contribution < 1.29 is 9.59 Å². The summed E-state index contributed by atoms with van der Waals surface area (Å²) in [6.07, 6.45) is 0.856. The molecule has 0 saturated heterocycles. The first-order valence-corrected chi connectivity index (χ1v) is 11.2. The van der Waals surface area contributed by atoms with Gasteiger partial charge in [-0.3, -0.25) is 19.4 Å². The Kier molecular flexibility index (Phi) is 7.77. The Morgan fingerprint density at radius 1 is 1.06 bits per heavy atom. The Labute approximate surface area is 190 Å². The van der Waals surface area contributed by atoms with Gasteiger partial charge in [0.25, 0.3) is 5.56 Å². The van der Waals surface area contributed by atoms with E-state index < -0.39 is 10.8 Å². The molecule has 0 aliphatic heterocycles. The number of hydrogen-bond acceptors (Lipinski definition) is 6. The maximum absolute atomic E-state index is 12.7. The minimum Gasteiger partial charge on any atom is -0.325 e. The highest BCUT2D eigenvalue weighted by Gasteiger charge is 2.21. The zero-order valence-electron chi connectivity index (χ0n) is 18.1. The summed E-state index contributed by atoms with van der Waals surface area (Å²) < 4.78 is 0. The molecular weight excluding hydrogens is 426 g/mol. The van der Waals surface area contributed by atoms with E-state index in [1.165, 1.54) is 0 Å². The first-order valence-electron chi connectivity index (χ1n) is 10.3. The van der Waals surface area contributed by atoms with Gasteiger partial charge in [-0.15, -0.1) is 10.2 Å². The number of para-hydroxylation sites is 1. The van der Waals surface area contributed by atoms with Crippen LogP contribution in [0.2, 0.25) is 0 Å². The molecule has 0 aliphatic rings. The number of thioether (sulfide) groups is 1. The first kappa shape index (κ1) is 23.2. The van der Waals surface area contributed by atoms with E-state index in [2.05, 4.69) is 25.8 Å². The summed E-state index contributed by atoms with van der Waals surface area (Å²) >= 11 is 1.15. The number of aromatic nitrogens is 3. The van der Waals surface area contributed by atoms with Crippen molar-refractivity contribution in [2.24, 2.45) is 0 Å². The van der Waals surface area contributed by atoms with E-state index in [1.807, 2.05) is 38.1 Å². The van der Waals surface area contributed by atoms with Gasteiger partial charge in [0.1, 0.15) is 0 Å². The van der Waals surface area contributed by atoms with Gasteiger partial charge in [0.05, 0.1) is 10.9 Å². The lowest BCUT2D eigenvalue weighted by Crippen LogP contribution is -2.25. The molecule has 1 aromatic heterocycles. The van der Waals surface area contributed by atoms with Gasteiger partial charge >= 0.3 is 0 Å². The third-order valence-electron chi connectivity index (χ3n) is 4.66. The molecule has 166 valence electrons. The number of H-pyrrole nitrogens is 1. The van der Waals surface area contributed by atoms with Gasteiger partial charge in [-0.05, 0) is 37.1 Å². The van der Waals surface area contributed by atoms with Crippen LogP contribution in [0.5, 0.6) is 0 Å². The van der Waals surface area contributed by atoms with Crippen LogP contribution in [-0.4, -0.2) is 32.2 Å². The molecule has 32 heavy (non-hydrogen) atoms. The molecule has 0 fully saturated rings. The van der Waals surface area contributed by atoms with E-state index in [9.17, 15) is 14.4 Å². The van der Waals surface area contributed by atoms with Gasteiger partial charge in [0.15, 0.2) is 10.9 Å². The normalized spacial score (nSPS) is 11.6. The largest absolute Gasteiger partial charge is 0.325 e. The quantitative estimate of drug-likeness (QED) is 0.446. The maximum Gasteiger partial charge on any atom is 0.278 e. The topological polar surface area (TPSA) is 117 Å². The Hall–Kier alpha value is -3.46. The van der Waals surface area contributed by atoms with Gasteiger partial charge in [-0.1, -0.05) is 55.9 Å². The van der Waals surface area contributed by atoms with Crippen molar-refractivity contribution in [3.05, 3.63) is 64.4 Å². The number of carbonyl (C=O) groups is 2. The van der Waals surface area contributed by atoms with E-state index in [0.717, 1.165) is 23.0 Å². The number of rotatable bonds is 8. The maximum atomic E-state index is 12.7. The van der Waals surface area contributed by atoms with Crippen molar-refractivity contribution >= 4 is 35.0 Å². The number of nitrogens with zero attached hydrogens (tertiary/aromatic N) is 2. The Balaban J connectivity index is 1.78. The van der Waals surface area contributed by atoms with Crippen LogP contribution >= 0.6 is 11.8 Å². The highest BCUT2D eigenvalue weighted by Crippen LogP contribution is 2.26. The predicted molar refractivity (Wildman–Crippen MR) is 127 cm³/mol. The van der Waals surface area contributed by atoms with E-state index in [0.29, 0.717) is 24.1 Å². The van der Waals surface area contributed by atoms with Crippen molar-refractivity contribution in [2.45, 2.75) is 44.0 Å². The number of aromatic amines is 1. The molecule has 3 rings (SSSR count). The molecular formula is C23H25N5O3S. The summed E-state index contributed by atoms with van der Waals surface area (Å²) in [6.45, 7) is 5.59. The van der Waals surface area contributed by atoms with Crippen LogP contribution in [0.3, 0.4) is 0 Å². The fourth-order valence-electron chi connectivity index (χ4n) is 2.99. The summed E-state index contributed by atoms with van der Waals surface area (Å²) in [5.41, 5.74) is 2.38. The third-order valence-corrected chi connectivity index (χ3v) is 5.90. The summed E-state index contributed by atoms with van der Waals surface area (Å²) in [6, 6.07) is 14.5. The fourth-order valence-corrected chi connectivity index (χ4v) is 3.83. The molecule has 1 atom stereocenters. The van der Waals surface area contributed by atoms with Gasteiger partial charge in [-0.2, -0.15) is 0 Å². The van der Waals surface area contributed by atoms with Gasteiger partial charge in [0.2, 0.25) is 11.8 Å². The van der Waals surface area contributed by atoms with Gasteiger partial charge < -0.3 is 10.6 Å². The molecule has 3 aromatic rings. The lowest BCUT2D eigenvalue weighted by molar-refractivity contribution is -0.116. The summed E-state index contributed by atoms with van der Waals surface area (Å²) in [4.78, 5) is 39.9. The minimum absolute atomic E-state index is 0.0959. The average molecular weight is 452 g/mol. The van der Waals surface area contributed by atoms with Crippen LogP contribution in [0.1, 0.15) is 32.3 Å². The second kappa shape index (κ2) is 10.7. The molecule has 2 aromatic carbocycles. The van der Waals surface area contributed by atoms with Crippen LogP contribution in [0.15, 0.2) is 58.5 Å². The number of carbonyl (C=O) groups excluding carboxylic acids is 2. The van der Waals surface area contributed by atoms with E-state index in [1.54, 1.807) is 31.2 Å². The summed E-state index contributed by atoms with van der Waals surface area (Å²) in [5, 5.41) is 13.7. The van der Waals surface area contributed by atoms with Crippen molar-refractivity contribution in [1.29, 1.82) is 0 Å². The molecule has 8 nitrogen and oxygen atoms in total. The molecule has 0 saturated carbocycles. The molecule has 0 aliphatic carbocycles. The summed E-state index contributed by atoms with van der Waals surface area (Å²) in [5.74, 6) is -0.345. The standard InChI is InChI=1S/C23H25N5O3S/c1-4-18(21(30)24-15-10-8-9-14(3)13-15)32-23-26-22(31)20(27-28-23)16-11-6-7-12-17(16)25-19(29)5-2/h6-13,18H,4-5H2,1-3H3,(H,24,30)(H,25,29)(H,26,28,31). The SMILES string of the molecule is CCC(=O)Nc1ccccc1-c1nnc(SC(CC)C(=O)Nc2cccc(C)c2)[nH]c1=O. The van der Waals surface area contributed by atoms with Gasteiger partial charge in [-0.25, -0.2) is 0 Å². The highest BCUT2D eigenvalue weighted by atomic mass is 32.2. The number of nitrogens with one attached hydrogen (secondary N) is 3. The van der Waals surface area contributed by atoms with Crippen molar-refractivity contribution in [3.63, 3.8) is 0 Å². The zero-order chi connectivity index (χ0) is 23.1. The lowest BCUT2D eigenvalue weighted by Gasteiger charge is -2.14. The van der Waals surface area contributed by atoms with Crippen molar-refractivity contribution in [3.8, 4) is 11.3 Å². The number of anilines is 2. The molecule has 3 N–H and O–H groups in total. The Bertz CT molecular complexity index is 1180. The van der Waals surface area contributed by atoms with Crippen LogP contribution in [-0.2, 0) is 9.59 Å². The molecule has 0 spiro atoms. The number of benzene rings is 2. The van der Waals surface area contributed by atoms with Crippen LogP contribution in [0.25, 0.3) is 11.3 Å². The lowest BCUT2D eigenvalue weighted by atomic mass is 10.1. The highest BCUT2D eigenvalue weighted by molar-refractivity contribution is 8.00. The average Bonchev–Trinajstić information content (AvgIpc) is 2.78. The van der Waals surface area contributed by atoms with Crippen LogP contribution in [0, 0.1) is 6.92 Å². The Morgan fingerprint density at radius 3 is 2.53 bits per heavy atom. The van der Waals surface area contributed by atoms with Crippen molar-refractivity contribution in [2.75, 3.05) is 10.6 Å². The molecule has 2 amide bonds. The Morgan fingerprint density at radius 2 is 1.84 bits per heavy atom. The van der Waals surface area contributed by atoms with E-state index in [4.69, 9.17) is 0 Å².